The van der Waals surface area contributed by atoms with E-state index in [1.807, 2.05) is 48.5 Å². The lowest BCUT2D eigenvalue weighted by Gasteiger charge is -2.23. The number of benzene rings is 3. The third-order valence-corrected chi connectivity index (χ3v) is 6.59. The Labute approximate surface area is 195 Å². The molecule has 2 heterocycles. The van der Waals surface area contributed by atoms with Gasteiger partial charge in [0.15, 0.2) is 23.0 Å². The largest absolute Gasteiger partial charge is 0.481 e. The van der Waals surface area contributed by atoms with Gasteiger partial charge in [0.2, 0.25) is 19.5 Å². The number of rotatable bonds is 4. The molecular weight excluding hydrogens is 438 g/mol. The van der Waals surface area contributed by atoms with E-state index in [0.717, 1.165) is 22.3 Å². The minimum atomic E-state index is -0.914. The van der Waals surface area contributed by atoms with Gasteiger partial charge in [-0.05, 0) is 58.7 Å². The van der Waals surface area contributed by atoms with Crippen molar-refractivity contribution in [1.82, 2.24) is 0 Å². The molecule has 6 rings (SSSR count). The number of carbonyl (C=O) groups excluding carboxylic acids is 1. The van der Waals surface area contributed by atoms with Crippen molar-refractivity contribution in [2.45, 2.75) is 18.8 Å². The highest BCUT2D eigenvalue weighted by Gasteiger charge is 2.47. The van der Waals surface area contributed by atoms with E-state index >= 15 is 0 Å². The van der Waals surface area contributed by atoms with Gasteiger partial charge < -0.3 is 29.4 Å². The van der Waals surface area contributed by atoms with Crippen LogP contribution in [0.25, 0.3) is 0 Å². The Balaban J connectivity index is 1.53. The lowest BCUT2D eigenvalue weighted by molar-refractivity contribution is -0.142. The maximum absolute atomic E-state index is 12.8. The summed E-state index contributed by atoms with van der Waals surface area (Å²) in [5.41, 5.74) is 3.99. The van der Waals surface area contributed by atoms with E-state index < -0.39 is 23.7 Å². The highest BCUT2D eigenvalue weighted by Crippen LogP contribution is 2.55. The molecule has 3 aromatic rings. The highest BCUT2D eigenvalue weighted by atomic mass is 16.7. The number of anilines is 1. The molecule has 3 unspecified atom stereocenters. The molecule has 1 aliphatic carbocycles. The summed E-state index contributed by atoms with van der Waals surface area (Å²) in [7, 11) is 0. The van der Waals surface area contributed by atoms with Crippen LogP contribution in [0.4, 0.5) is 5.69 Å². The van der Waals surface area contributed by atoms with Gasteiger partial charge in [0.25, 0.3) is 0 Å². The summed E-state index contributed by atoms with van der Waals surface area (Å²) < 4.78 is 22.0. The van der Waals surface area contributed by atoms with Crippen LogP contribution < -0.4 is 24.3 Å². The molecule has 3 aromatic carbocycles. The van der Waals surface area contributed by atoms with E-state index in [4.69, 9.17) is 18.9 Å². The smallest absolute Gasteiger partial charge is 0.308 e. The number of ether oxygens (including phenoxy) is 4. The number of nitrogens with one attached hydrogen (secondary N) is 1. The van der Waals surface area contributed by atoms with Gasteiger partial charge in [0.1, 0.15) is 0 Å². The predicted molar refractivity (Wildman–Crippen MR) is 121 cm³/mol. The number of carboxylic acids is 1. The molecule has 0 bridgehead atoms. The Morgan fingerprint density at radius 3 is 1.88 bits per heavy atom. The van der Waals surface area contributed by atoms with Gasteiger partial charge in [-0.1, -0.05) is 18.2 Å². The normalized spacial score (nSPS) is 21.3. The number of hydrogen-bond donors (Lipinski definition) is 2. The lowest BCUT2D eigenvalue weighted by Crippen LogP contribution is -2.24. The van der Waals surface area contributed by atoms with Crippen LogP contribution in [0.1, 0.15) is 41.0 Å². The second-order valence-corrected chi connectivity index (χ2v) is 8.57. The van der Waals surface area contributed by atoms with Crippen LogP contribution in [0.5, 0.6) is 23.0 Å². The topological polar surface area (TPSA) is 103 Å². The van der Waals surface area contributed by atoms with Crippen LogP contribution in [-0.4, -0.2) is 30.6 Å². The van der Waals surface area contributed by atoms with E-state index in [9.17, 15) is 14.7 Å². The van der Waals surface area contributed by atoms with E-state index in [1.54, 1.807) is 6.07 Å². The van der Waals surface area contributed by atoms with Gasteiger partial charge in [-0.15, -0.1) is 0 Å². The molecule has 8 heteroatoms. The van der Waals surface area contributed by atoms with Crippen LogP contribution in [-0.2, 0) is 9.59 Å². The maximum atomic E-state index is 12.8. The second kappa shape index (κ2) is 7.69. The molecule has 0 saturated carbocycles. The molecule has 8 nitrogen and oxygen atoms in total. The first-order valence-electron chi connectivity index (χ1n) is 10.9. The third kappa shape index (κ3) is 3.22. The quantitative estimate of drug-likeness (QED) is 0.606. The Morgan fingerprint density at radius 2 is 1.32 bits per heavy atom. The molecule has 1 amide bonds. The summed E-state index contributed by atoms with van der Waals surface area (Å²) >= 11 is 0. The number of amides is 1. The Hall–Kier alpha value is -4.20. The number of aliphatic carboxylic acids is 1. The first kappa shape index (κ1) is 20.4. The molecule has 0 fully saturated rings. The van der Waals surface area contributed by atoms with Crippen LogP contribution in [0, 0.1) is 5.92 Å². The van der Waals surface area contributed by atoms with Gasteiger partial charge >= 0.3 is 5.97 Å². The van der Waals surface area contributed by atoms with Crippen molar-refractivity contribution in [1.29, 1.82) is 0 Å². The zero-order valence-electron chi connectivity index (χ0n) is 18.2. The molecule has 3 aliphatic rings. The molecule has 172 valence electrons. The van der Waals surface area contributed by atoms with Crippen LogP contribution >= 0.6 is 0 Å². The molecule has 34 heavy (non-hydrogen) atoms. The number of hydrogen-bond acceptors (Lipinski definition) is 6. The molecule has 0 spiro atoms. The molecular formula is C26H21NO7. The fourth-order valence-electron chi connectivity index (χ4n) is 5.26. The Morgan fingerprint density at radius 1 is 0.765 bits per heavy atom. The van der Waals surface area contributed by atoms with Crippen molar-refractivity contribution in [2.24, 2.45) is 5.92 Å². The summed E-state index contributed by atoms with van der Waals surface area (Å²) in [6, 6.07) is 16.7. The van der Waals surface area contributed by atoms with Gasteiger partial charge in [0.05, 0.1) is 5.92 Å². The monoisotopic (exact) mass is 459 g/mol. The van der Waals surface area contributed by atoms with Crippen molar-refractivity contribution < 1.29 is 33.6 Å². The molecule has 3 atom stereocenters. The van der Waals surface area contributed by atoms with Gasteiger partial charge in [-0.2, -0.15) is 0 Å². The summed E-state index contributed by atoms with van der Waals surface area (Å²) in [6.45, 7) is 1.72. The number of carboxylic acid groups (broad SMARTS) is 1. The minimum Gasteiger partial charge on any atom is -0.481 e. The summed E-state index contributed by atoms with van der Waals surface area (Å²) in [5, 5.41) is 13.3. The number of carbonyl (C=O) groups is 2. The first-order chi connectivity index (χ1) is 16.5. The molecule has 0 radical (unpaired) electrons. The SMILES string of the molecule is CC(=O)Nc1ccc2c(c1)C(c1ccc3c(c1)OCO3)C(C(=O)O)C2c1ccc2c(c1)OCO2. The van der Waals surface area contributed by atoms with E-state index in [0.29, 0.717) is 28.7 Å². The molecule has 0 saturated heterocycles. The zero-order valence-corrected chi connectivity index (χ0v) is 18.2. The molecule has 2 aliphatic heterocycles. The van der Waals surface area contributed by atoms with Crippen molar-refractivity contribution in [3.05, 3.63) is 76.9 Å². The van der Waals surface area contributed by atoms with Gasteiger partial charge in [0, 0.05) is 24.4 Å². The third-order valence-electron chi connectivity index (χ3n) is 6.59. The van der Waals surface area contributed by atoms with E-state index in [-0.39, 0.29) is 19.5 Å². The van der Waals surface area contributed by atoms with Crippen LogP contribution in [0.3, 0.4) is 0 Å². The summed E-state index contributed by atoms with van der Waals surface area (Å²) in [5.74, 6) is -0.326. The van der Waals surface area contributed by atoms with Crippen molar-refractivity contribution in [3.63, 3.8) is 0 Å². The fraction of sp³-hybridized carbons (Fsp3) is 0.231. The predicted octanol–water partition coefficient (Wildman–Crippen LogP) is 4.08. The van der Waals surface area contributed by atoms with Gasteiger partial charge in [-0.25, -0.2) is 0 Å². The second-order valence-electron chi connectivity index (χ2n) is 8.57. The average Bonchev–Trinajstić information content (AvgIpc) is 3.53. The maximum Gasteiger partial charge on any atom is 0.308 e. The van der Waals surface area contributed by atoms with Crippen molar-refractivity contribution >= 4 is 17.6 Å². The van der Waals surface area contributed by atoms with Crippen molar-refractivity contribution in [2.75, 3.05) is 18.9 Å². The van der Waals surface area contributed by atoms with E-state index in [2.05, 4.69) is 5.32 Å². The van der Waals surface area contributed by atoms with Crippen molar-refractivity contribution in [3.8, 4) is 23.0 Å². The molecule has 0 aromatic heterocycles. The minimum absolute atomic E-state index is 0.134. The Bertz CT molecular complexity index is 1330. The Kier molecular flexibility index (Phi) is 4.62. The molecule has 2 N–H and O–H groups in total. The lowest BCUT2D eigenvalue weighted by atomic mass is 9.79. The van der Waals surface area contributed by atoms with E-state index in [1.165, 1.54) is 6.92 Å². The van der Waals surface area contributed by atoms with Gasteiger partial charge in [-0.3, -0.25) is 9.59 Å². The summed E-state index contributed by atoms with van der Waals surface area (Å²) in [6.07, 6.45) is 0. The first-order valence-corrected chi connectivity index (χ1v) is 10.9. The average molecular weight is 459 g/mol. The number of fused-ring (bicyclic) bond motifs is 3. The zero-order chi connectivity index (χ0) is 23.4. The van der Waals surface area contributed by atoms with Crippen LogP contribution in [0.2, 0.25) is 0 Å². The highest BCUT2D eigenvalue weighted by molar-refractivity contribution is 5.89. The van der Waals surface area contributed by atoms with Crippen LogP contribution in [0.15, 0.2) is 54.6 Å². The summed E-state index contributed by atoms with van der Waals surface area (Å²) in [4.78, 5) is 24.5. The standard InChI is InChI=1S/C26H21NO7/c1-13(28)27-16-4-5-17-18(10-16)24(15-3-7-20-22(9-15)34-12-32-20)25(26(29)30)23(17)14-2-6-19-21(8-14)33-11-31-19/h2-10,23-25H,11-12H2,1H3,(H,27,28)(H,29,30). The fourth-order valence-corrected chi connectivity index (χ4v) is 5.26.